The number of nitrogens with zero attached hydrogens (tertiary/aromatic N) is 3. The normalized spacial score (nSPS) is 10.1. The van der Waals surface area contributed by atoms with E-state index in [4.69, 9.17) is 100 Å². The molecule has 0 amide bonds. The van der Waals surface area contributed by atoms with Crippen LogP contribution in [0.25, 0.3) is 0 Å². The summed E-state index contributed by atoms with van der Waals surface area (Å²) in [6.07, 6.45) is 8.13. The molecule has 0 spiro atoms. The number of halogens is 2. The van der Waals surface area contributed by atoms with Crippen LogP contribution in [0.2, 0.25) is 10.0 Å². The summed E-state index contributed by atoms with van der Waals surface area (Å²) in [5.74, 6) is 2.27. The minimum Gasteiger partial charge on any atom is -0.494 e. The van der Waals surface area contributed by atoms with Crippen LogP contribution in [0.1, 0.15) is 97.2 Å². The molecule has 12 aromatic rings. The second kappa shape index (κ2) is 74.9. The van der Waals surface area contributed by atoms with Gasteiger partial charge in [-0.3, -0.25) is 4.90 Å². The number of hydrogen-bond acceptors (Lipinski definition) is 18. The van der Waals surface area contributed by atoms with Gasteiger partial charge in [0.1, 0.15) is 18.1 Å². The summed E-state index contributed by atoms with van der Waals surface area (Å²) in [7, 11) is 0. The van der Waals surface area contributed by atoms with Crippen LogP contribution in [-0.2, 0) is 30.7 Å². The Morgan fingerprint density at radius 2 is 0.784 bits per heavy atom. The fourth-order valence-corrected chi connectivity index (χ4v) is 12.3. The number of anilines is 5. The Balaban J connectivity index is 0.000000360. The van der Waals surface area contributed by atoms with Crippen molar-refractivity contribution in [2.45, 2.75) is 91.2 Å². The Kier molecular flexibility index (Phi) is 65.2. The molecule has 18 nitrogen and oxygen atoms in total. The third-order valence-electron chi connectivity index (χ3n) is 18.5. The van der Waals surface area contributed by atoms with Gasteiger partial charge < -0.3 is 92.4 Å². The summed E-state index contributed by atoms with van der Waals surface area (Å²) in [5, 5.41) is 4.39. The number of likely N-dealkylation sites (N-methyl/N-ethyl adjacent to an activating group) is 2. The van der Waals surface area contributed by atoms with Crippen molar-refractivity contribution in [1.82, 2.24) is 4.90 Å². The molecule has 0 aromatic heterocycles. The quantitative estimate of drug-likeness (QED) is 0.0126. The Bertz CT molecular complexity index is 4110. The Labute approximate surface area is 760 Å². The van der Waals surface area contributed by atoms with Crippen molar-refractivity contribution in [3.05, 3.63) is 389 Å². The molecule has 0 fully saturated rings. The second-order valence-electron chi connectivity index (χ2n) is 28.6. The van der Waals surface area contributed by atoms with Crippen LogP contribution in [-0.4, -0.2) is 129 Å². The fourth-order valence-electron chi connectivity index (χ4n) is 12.0. The number of nitrogens with two attached hydrogens (primary N) is 11. The molecule has 0 aliphatic rings. The third-order valence-corrected chi connectivity index (χ3v) is 19.3. The third kappa shape index (κ3) is 53.5. The van der Waals surface area contributed by atoms with Gasteiger partial charge in [-0.25, -0.2) is 0 Å². The summed E-state index contributed by atoms with van der Waals surface area (Å²) < 4.78 is 15.8. The topological polar surface area (TPSA) is 336 Å². The molecule has 0 bridgehead atoms. The summed E-state index contributed by atoms with van der Waals surface area (Å²) >= 11 is 11.6. The van der Waals surface area contributed by atoms with Crippen molar-refractivity contribution >= 4 is 51.6 Å². The average Bonchev–Trinajstić information content (AvgIpc) is 0.872. The summed E-state index contributed by atoms with van der Waals surface area (Å²) in [6.45, 7) is 22.7. The maximum absolute atomic E-state index is 5.83. The Hall–Kier alpha value is -10.5. The number of nitrogen functional groups attached to an aromatic ring is 1. The van der Waals surface area contributed by atoms with Gasteiger partial charge in [0.15, 0.2) is 0 Å². The molecule has 0 aliphatic heterocycles. The number of aryl methyl sites for hydroxylation is 3. The molecule has 0 saturated heterocycles. The zero-order chi connectivity index (χ0) is 90.5. The predicted molar refractivity (Wildman–Crippen MR) is 539 cm³/mol. The van der Waals surface area contributed by atoms with E-state index in [0.717, 1.165) is 146 Å². The van der Waals surface area contributed by atoms with E-state index in [-0.39, 0.29) is 0 Å². The van der Waals surface area contributed by atoms with E-state index in [9.17, 15) is 0 Å². The van der Waals surface area contributed by atoms with Gasteiger partial charge in [0.2, 0.25) is 0 Å². The minimum absolute atomic E-state index is 0.473. The van der Waals surface area contributed by atoms with E-state index in [1.54, 1.807) is 0 Å². The SMILES string of the molecule is CCN(CCN)Cc1ccccc1.CCN(CCN)c1cccc(C)c1.NCCCC(c1ccccc1)c1ccccc1.NCCCN(c1ccccc1)c1ccccc1.NCCCOc1ccccc1.NCCCc1ccc(Cl)c(Cl)c1.NCCCc1ccc(N)cc1.NCCNc1ccccc1.NCCOCc1ccccc1.NCCOc1ccccc1. The van der Waals surface area contributed by atoms with Crippen molar-refractivity contribution in [2.24, 2.45) is 57.3 Å². The molecular weight excluding hydrogens is 1590 g/mol. The summed E-state index contributed by atoms with van der Waals surface area (Å²) in [4.78, 5) is 6.93. The van der Waals surface area contributed by atoms with Gasteiger partial charge in [-0.15, -0.1) is 0 Å². The van der Waals surface area contributed by atoms with Gasteiger partial charge in [0.05, 0.1) is 29.9 Å². The van der Waals surface area contributed by atoms with E-state index in [2.05, 4.69) is 199 Å². The Morgan fingerprint density at radius 1 is 0.344 bits per heavy atom. The number of para-hydroxylation sites is 5. The number of nitrogens with one attached hydrogen (secondary N) is 1. The van der Waals surface area contributed by atoms with Crippen LogP contribution < -0.4 is 87.7 Å². The van der Waals surface area contributed by atoms with Gasteiger partial charge in [-0.1, -0.05) is 273 Å². The standard InChI is InChI=1S/C16H19N.C15H18N2.2C11H18N2.C9H11Cl2N.C9H14N2.2C9H13NO.C8H12N2.C8H11NO/c17-13-7-12-16(14-8-3-1-4-9-14)15-10-5-2-6-11-15;16-12-7-13-17(14-8-3-1-4-9-14)15-10-5-2-6-11-15;1-3-13(8-7-12)11-6-4-5-10(2)9-11;1-2-13(9-8-12)10-11-6-4-3-5-7-11;10-8-4-3-7(2-1-5-12)6-9(8)11;10-7-1-2-8-3-5-9(11)6-4-8;10-7-4-8-11-9-5-2-1-3-6-9;10-6-7-11-8-9-4-2-1-3-5-9;2*9-6-7-10-8-4-2-1-3-5-8/h1-6,8-11,16H,7,12-13,17H2;1-6,8-11H,7,12-13,16H2;4-6,9H,3,7-8,12H2,1-2H3;3-7H,2,8-10,12H2,1H3;3-4,6H,1-2,5,12H2;3-6H,1-2,7,10-11H2;1-3,5-6H,4,7-8,10H2;1-5H,6-8,10H2;1-5,10H,6-7,9H2;1-5H,6-7,9H2. The molecule has 0 radical (unpaired) electrons. The van der Waals surface area contributed by atoms with Crippen LogP contribution in [0, 0.1) is 6.92 Å². The first-order valence-electron chi connectivity index (χ1n) is 43.9. The van der Waals surface area contributed by atoms with Gasteiger partial charge in [0, 0.05) is 106 Å². The molecule has 125 heavy (non-hydrogen) atoms. The number of ether oxygens (including phenoxy) is 3. The molecular formula is C105H147Cl2N15O3. The van der Waals surface area contributed by atoms with Gasteiger partial charge >= 0.3 is 0 Å². The van der Waals surface area contributed by atoms with Crippen LogP contribution in [0.4, 0.5) is 28.4 Å². The second-order valence-corrected chi connectivity index (χ2v) is 29.4. The minimum atomic E-state index is 0.473. The highest BCUT2D eigenvalue weighted by Crippen LogP contribution is 2.30. The van der Waals surface area contributed by atoms with Crippen molar-refractivity contribution in [2.75, 3.05) is 145 Å². The van der Waals surface area contributed by atoms with Crippen molar-refractivity contribution in [3.63, 3.8) is 0 Å². The first kappa shape index (κ1) is 109. The average molecular weight is 1740 g/mol. The lowest BCUT2D eigenvalue weighted by atomic mass is 9.87. The van der Waals surface area contributed by atoms with Gasteiger partial charge in [-0.05, 0) is 240 Å². The lowest BCUT2D eigenvalue weighted by molar-refractivity contribution is 0.128. The van der Waals surface area contributed by atoms with Crippen LogP contribution in [0.3, 0.4) is 0 Å². The number of rotatable bonds is 39. The Morgan fingerprint density at radius 3 is 1.23 bits per heavy atom. The number of benzene rings is 12. The number of hydrogen-bond donors (Lipinski definition) is 12. The van der Waals surface area contributed by atoms with Crippen LogP contribution in [0.15, 0.2) is 340 Å². The van der Waals surface area contributed by atoms with Crippen LogP contribution in [0.5, 0.6) is 11.5 Å². The molecule has 0 unspecified atom stereocenters. The van der Waals surface area contributed by atoms with Gasteiger partial charge in [-0.2, -0.15) is 0 Å². The molecule has 0 heterocycles. The van der Waals surface area contributed by atoms with E-state index in [0.29, 0.717) is 81.7 Å². The smallest absolute Gasteiger partial charge is 0.119 e. The monoisotopic (exact) mass is 1740 g/mol. The summed E-state index contributed by atoms with van der Waals surface area (Å²) in [6, 6.07) is 114. The highest BCUT2D eigenvalue weighted by atomic mass is 35.5. The molecule has 0 saturated carbocycles. The van der Waals surface area contributed by atoms with E-state index < -0.39 is 0 Å². The van der Waals surface area contributed by atoms with Crippen LogP contribution >= 0.6 is 23.2 Å². The van der Waals surface area contributed by atoms with Crippen molar-refractivity contribution in [1.29, 1.82) is 0 Å². The highest BCUT2D eigenvalue weighted by Gasteiger charge is 2.13. The molecule has 0 atom stereocenters. The largest absolute Gasteiger partial charge is 0.494 e. The van der Waals surface area contributed by atoms with E-state index >= 15 is 0 Å². The molecule has 12 aromatic carbocycles. The molecule has 23 N–H and O–H groups in total. The van der Waals surface area contributed by atoms with E-state index in [1.807, 2.05) is 182 Å². The van der Waals surface area contributed by atoms with Crippen molar-refractivity contribution < 1.29 is 14.2 Å². The zero-order valence-electron chi connectivity index (χ0n) is 74.6. The molecule has 0 aliphatic carbocycles. The highest BCUT2D eigenvalue weighted by molar-refractivity contribution is 6.42. The first-order chi connectivity index (χ1) is 61.3. The fraction of sp³-hybridized carbons (Fsp3) is 0.314. The molecule has 20 heteroatoms. The maximum Gasteiger partial charge on any atom is 0.119 e. The zero-order valence-corrected chi connectivity index (χ0v) is 76.1. The predicted octanol–water partition coefficient (Wildman–Crippen LogP) is 18.7. The lowest BCUT2D eigenvalue weighted by Gasteiger charge is -2.24. The molecule has 674 valence electrons. The summed E-state index contributed by atoms with van der Waals surface area (Å²) in [5.41, 5.74) is 74.5. The van der Waals surface area contributed by atoms with E-state index in [1.165, 1.54) is 56.0 Å². The van der Waals surface area contributed by atoms with Gasteiger partial charge in [0.25, 0.3) is 0 Å². The lowest BCUT2D eigenvalue weighted by Crippen LogP contribution is -2.28. The maximum atomic E-state index is 5.83. The molecule has 12 rings (SSSR count). The first-order valence-corrected chi connectivity index (χ1v) is 44.6. The van der Waals surface area contributed by atoms with Crippen molar-refractivity contribution in [3.8, 4) is 11.5 Å².